The van der Waals surface area contributed by atoms with Crippen molar-refractivity contribution in [2.45, 2.75) is 20.5 Å². The first-order chi connectivity index (χ1) is 13.6. The average molecular weight is 387 g/mol. The Bertz CT molecular complexity index is 805. The van der Waals surface area contributed by atoms with Crippen LogP contribution in [-0.4, -0.2) is 38.8 Å². The van der Waals surface area contributed by atoms with Crippen molar-refractivity contribution in [2.24, 2.45) is 0 Å². The van der Waals surface area contributed by atoms with Crippen molar-refractivity contribution in [1.29, 1.82) is 0 Å². The summed E-state index contributed by atoms with van der Waals surface area (Å²) in [6, 6.07) is 11.9. The van der Waals surface area contributed by atoms with E-state index in [1.165, 1.54) is 0 Å². The van der Waals surface area contributed by atoms with Gasteiger partial charge in [0.25, 0.3) is 5.91 Å². The van der Waals surface area contributed by atoms with Crippen LogP contribution in [0.5, 0.6) is 11.5 Å². The fraction of sp³-hybridized carbons (Fsp3) is 0.333. The summed E-state index contributed by atoms with van der Waals surface area (Å²) in [6.45, 7) is 4.66. The molecule has 0 bridgehead atoms. The van der Waals surface area contributed by atoms with Crippen LogP contribution in [0.1, 0.15) is 29.8 Å². The smallest absolute Gasteiger partial charge is 0.338 e. The van der Waals surface area contributed by atoms with Crippen molar-refractivity contribution in [3.05, 3.63) is 53.6 Å². The molecule has 0 unspecified atom stereocenters. The number of rotatable bonds is 10. The minimum atomic E-state index is -0.603. The SMILES string of the molecule is CCOCc1cc(C(=O)OCC(=O)Nc2ccccc2OCC)ccc1OC. The van der Waals surface area contributed by atoms with E-state index in [-0.39, 0.29) is 0 Å². The highest BCUT2D eigenvalue weighted by Gasteiger charge is 2.14. The monoisotopic (exact) mass is 387 g/mol. The molecule has 0 radical (unpaired) electrons. The van der Waals surface area contributed by atoms with E-state index in [4.69, 9.17) is 18.9 Å². The maximum atomic E-state index is 12.3. The Kier molecular flexibility index (Phi) is 8.30. The number of hydrogen-bond donors (Lipinski definition) is 1. The standard InChI is InChI=1S/C21H25NO6/c1-4-26-13-16-12-15(10-11-18(16)25-3)21(24)28-14-20(23)22-17-8-6-7-9-19(17)27-5-2/h6-12H,4-5,13-14H2,1-3H3,(H,22,23). The molecule has 0 saturated carbocycles. The van der Waals surface area contributed by atoms with Crippen molar-refractivity contribution in [1.82, 2.24) is 0 Å². The number of benzene rings is 2. The molecule has 1 amide bonds. The third-order valence-corrected chi connectivity index (χ3v) is 3.77. The first-order valence-corrected chi connectivity index (χ1v) is 9.02. The molecule has 2 aromatic carbocycles. The molecule has 1 N–H and O–H groups in total. The molecular formula is C21H25NO6. The highest BCUT2D eigenvalue weighted by Crippen LogP contribution is 2.24. The van der Waals surface area contributed by atoms with Gasteiger partial charge in [0.2, 0.25) is 0 Å². The molecule has 7 heteroatoms. The van der Waals surface area contributed by atoms with E-state index >= 15 is 0 Å². The quantitative estimate of drug-likeness (QED) is 0.629. The van der Waals surface area contributed by atoms with E-state index < -0.39 is 18.5 Å². The highest BCUT2D eigenvalue weighted by atomic mass is 16.5. The van der Waals surface area contributed by atoms with Gasteiger partial charge in [0.05, 0.1) is 31.6 Å². The van der Waals surface area contributed by atoms with Gasteiger partial charge in [-0.3, -0.25) is 4.79 Å². The lowest BCUT2D eigenvalue weighted by Crippen LogP contribution is -2.21. The Balaban J connectivity index is 1.97. The van der Waals surface area contributed by atoms with Gasteiger partial charge in [-0.2, -0.15) is 0 Å². The zero-order valence-corrected chi connectivity index (χ0v) is 16.3. The number of anilines is 1. The summed E-state index contributed by atoms with van der Waals surface area (Å²) in [5.41, 5.74) is 1.57. The average Bonchev–Trinajstić information content (AvgIpc) is 2.71. The minimum Gasteiger partial charge on any atom is -0.496 e. The Labute approximate surface area is 164 Å². The second kappa shape index (κ2) is 10.9. The number of ether oxygens (including phenoxy) is 4. The molecule has 0 fully saturated rings. The van der Waals surface area contributed by atoms with Gasteiger partial charge >= 0.3 is 5.97 Å². The Morgan fingerprint density at radius 2 is 1.79 bits per heavy atom. The Hall–Kier alpha value is -3.06. The summed E-state index contributed by atoms with van der Waals surface area (Å²) in [5.74, 6) is 0.118. The lowest BCUT2D eigenvalue weighted by atomic mass is 10.1. The van der Waals surface area contributed by atoms with Gasteiger partial charge in [0.1, 0.15) is 11.5 Å². The van der Waals surface area contributed by atoms with Crippen molar-refractivity contribution >= 4 is 17.6 Å². The lowest BCUT2D eigenvalue weighted by Gasteiger charge is -2.12. The lowest BCUT2D eigenvalue weighted by molar-refractivity contribution is -0.119. The van der Waals surface area contributed by atoms with Gasteiger partial charge in [0, 0.05) is 12.2 Å². The summed E-state index contributed by atoms with van der Waals surface area (Å²) >= 11 is 0. The molecule has 0 saturated heterocycles. The summed E-state index contributed by atoms with van der Waals surface area (Å²) in [6.07, 6.45) is 0. The van der Waals surface area contributed by atoms with Gasteiger partial charge in [0.15, 0.2) is 6.61 Å². The summed E-state index contributed by atoms with van der Waals surface area (Å²) < 4.78 is 21.2. The summed E-state index contributed by atoms with van der Waals surface area (Å²) in [4.78, 5) is 24.4. The molecule has 0 aliphatic heterocycles. The number of carbonyl (C=O) groups excluding carboxylic acids is 2. The Morgan fingerprint density at radius 3 is 2.50 bits per heavy atom. The van der Waals surface area contributed by atoms with E-state index in [1.807, 2.05) is 19.9 Å². The Morgan fingerprint density at radius 1 is 1.00 bits per heavy atom. The molecule has 0 atom stereocenters. The van der Waals surface area contributed by atoms with Gasteiger partial charge in [-0.1, -0.05) is 12.1 Å². The van der Waals surface area contributed by atoms with Crippen molar-refractivity contribution in [2.75, 3.05) is 32.2 Å². The van der Waals surface area contributed by atoms with E-state index in [0.717, 1.165) is 5.56 Å². The minimum absolute atomic E-state index is 0.315. The van der Waals surface area contributed by atoms with Crippen molar-refractivity contribution < 1.29 is 28.5 Å². The second-order valence-corrected chi connectivity index (χ2v) is 5.72. The van der Waals surface area contributed by atoms with Gasteiger partial charge in [-0.05, 0) is 44.2 Å². The molecule has 7 nitrogen and oxygen atoms in total. The molecule has 0 aromatic heterocycles. The molecule has 0 aliphatic rings. The predicted octanol–water partition coefficient (Wildman–Crippen LogP) is 3.43. The molecule has 0 spiro atoms. The zero-order chi connectivity index (χ0) is 20.4. The summed E-state index contributed by atoms with van der Waals surface area (Å²) in [5, 5.41) is 2.68. The third-order valence-electron chi connectivity index (χ3n) is 3.77. The highest BCUT2D eigenvalue weighted by molar-refractivity contribution is 5.96. The maximum Gasteiger partial charge on any atom is 0.338 e. The summed E-state index contributed by atoms with van der Waals surface area (Å²) in [7, 11) is 1.55. The molecule has 2 aromatic rings. The number of para-hydroxylation sites is 2. The molecule has 2 rings (SSSR count). The number of nitrogens with one attached hydrogen (secondary N) is 1. The van der Waals surface area contributed by atoms with Crippen LogP contribution >= 0.6 is 0 Å². The largest absolute Gasteiger partial charge is 0.496 e. The maximum absolute atomic E-state index is 12.3. The van der Waals surface area contributed by atoms with Gasteiger partial charge in [-0.15, -0.1) is 0 Å². The topological polar surface area (TPSA) is 83.1 Å². The van der Waals surface area contributed by atoms with Gasteiger partial charge < -0.3 is 24.3 Å². The number of methoxy groups -OCH3 is 1. The molecular weight excluding hydrogens is 362 g/mol. The first kappa shape index (κ1) is 21.2. The molecule has 28 heavy (non-hydrogen) atoms. The van der Waals surface area contributed by atoms with Crippen LogP contribution in [0.2, 0.25) is 0 Å². The van der Waals surface area contributed by atoms with Gasteiger partial charge in [-0.25, -0.2) is 4.79 Å². The fourth-order valence-electron chi connectivity index (χ4n) is 2.48. The van der Waals surface area contributed by atoms with Crippen LogP contribution in [-0.2, 0) is 20.9 Å². The fourth-order valence-corrected chi connectivity index (χ4v) is 2.48. The molecule has 0 aliphatic carbocycles. The number of esters is 1. The van der Waals surface area contributed by atoms with Crippen LogP contribution in [0, 0.1) is 0 Å². The van der Waals surface area contributed by atoms with Crippen LogP contribution in [0.25, 0.3) is 0 Å². The molecule has 0 heterocycles. The first-order valence-electron chi connectivity index (χ1n) is 9.02. The van der Waals surface area contributed by atoms with Crippen molar-refractivity contribution in [3.63, 3.8) is 0 Å². The van der Waals surface area contributed by atoms with Crippen LogP contribution in [0.3, 0.4) is 0 Å². The van der Waals surface area contributed by atoms with E-state index in [2.05, 4.69) is 5.32 Å². The third kappa shape index (κ3) is 5.99. The molecule has 150 valence electrons. The number of carbonyl (C=O) groups is 2. The van der Waals surface area contributed by atoms with E-state index in [9.17, 15) is 9.59 Å². The van der Waals surface area contributed by atoms with Crippen molar-refractivity contribution in [3.8, 4) is 11.5 Å². The second-order valence-electron chi connectivity index (χ2n) is 5.72. The number of amides is 1. The zero-order valence-electron chi connectivity index (χ0n) is 16.3. The van der Waals surface area contributed by atoms with Crippen LogP contribution in [0.4, 0.5) is 5.69 Å². The van der Waals surface area contributed by atoms with E-state index in [0.29, 0.717) is 42.6 Å². The van der Waals surface area contributed by atoms with Crippen LogP contribution in [0.15, 0.2) is 42.5 Å². The van der Waals surface area contributed by atoms with E-state index in [1.54, 1.807) is 43.5 Å². The normalized spacial score (nSPS) is 10.2. The predicted molar refractivity (Wildman–Crippen MR) is 105 cm³/mol. The van der Waals surface area contributed by atoms with Crippen LogP contribution < -0.4 is 14.8 Å². The number of hydrogen-bond acceptors (Lipinski definition) is 6.